The Balaban J connectivity index is 1.73. The summed E-state index contributed by atoms with van der Waals surface area (Å²) in [6, 6.07) is 15.0. The van der Waals surface area contributed by atoms with E-state index in [1.54, 1.807) is 14.2 Å². The Hall–Kier alpha value is -2.86. The molecule has 0 aliphatic carbocycles. The number of rotatable bonds is 6. The van der Waals surface area contributed by atoms with Crippen molar-refractivity contribution in [2.75, 3.05) is 19.5 Å². The van der Waals surface area contributed by atoms with Crippen molar-refractivity contribution < 1.29 is 14.3 Å². The molecule has 0 aliphatic rings. The first-order valence-electron chi connectivity index (χ1n) is 8.14. The maximum atomic E-state index is 12.4. The maximum Gasteiger partial charge on any atom is 0.229 e. The molecule has 0 fully saturated rings. The lowest BCUT2D eigenvalue weighted by atomic mass is 10.2. The summed E-state index contributed by atoms with van der Waals surface area (Å²) in [5.74, 6) is 1.45. The van der Waals surface area contributed by atoms with Gasteiger partial charge in [-0.25, -0.2) is 4.98 Å². The van der Waals surface area contributed by atoms with E-state index in [1.165, 1.54) is 11.3 Å². The van der Waals surface area contributed by atoms with E-state index >= 15 is 0 Å². The van der Waals surface area contributed by atoms with E-state index in [-0.39, 0.29) is 12.3 Å². The molecule has 134 valence electrons. The van der Waals surface area contributed by atoms with Crippen molar-refractivity contribution in [3.63, 3.8) is 0 Å². The fourth-order valence-electron chi connectivity index (χ4n) is 2.55. The van der Waals surface area contributed by atoms with Gasteiger partial charge in [0.05, 0.1) is 31.9 Å². The van der Waals surface area contributed by atoms with Gasteiger partial charge in [-0.2, -0.15) is 0 Å². The van der Waals surface area contributed by atoms with Crippen molar-refractivity contribution in [2.24, 2.45) is 0 Å². The molecule has 0 unspecified atom stereocenters. The number of aryl methyl sites for hydroxylation is 1. The summed E-state index contributed by atoms with van der Waals surface area (Å²) in [6.45, 7) is 1.92. The maximum absolute atomic E-state index is 12.4. The number of nitrogens with one attached hydrogen (secondary N) is 1. The molecule has 0 spiro atoms. The van der Waals surface area contributed by atoms with Crippen molar-refractivity contribution in [2.45, 2.75) is 13.3 Å². The molecular weight excluding hydrogens is 348 g/mol. The van der Waals surface area contributed by atoms with Gasteiger partial charge in [0.2, 0.25) is 5.91 Å². The predicted octanol–water partition coefficient (Wildman–Crippen LogP) is 4.32. The van der Waals surface area contributed by atoms with E-state index in [0.717, 1.165) is 38.3 Å². The molecule has 1 N–H and O–H groups in total. The molecule has 0 aliphatic heterocycles. The molecule has 5 nitrogen and oxygen atoms in total. The zero-order valence-electron chi connectivity index (χ0n) is 14.9. The highest BCUT2D eigenvalue weighted by molar-refractivity contribution is 7.15. The highest BCUT2D eigenvalue weighted by Gasteiger charge is 2.15. The number of carbonyl (C=O) groups is 1. The molecule has 2 aromatic carbocycles. The minimum atomic E-state index is -0.0755. The van der Waals surface area contributed by atoms with Crippen molar-refractivity contribution in [1.29, 1.82) is 0 Å². The zero-order valence-corrected chi connectivity index (χ0v) is 15.7. The fourth-order valence-corrected chi connectivity index (χ4v) is 3.65. The first-order chi connectivity index (χ1) is 12.6. The number of nitrogens with zero attached hydrogens (tertiary/aromatic N) is 1. The van der Waals surface area contributed by atoms with Gasteiger partial charge in [-0.1, -0.05) is 12.1 Å². The SMILES string of the molecule is COc1ccc(NC(=O)Cc2sc(-c3ccccc3OC)nc2C)cc1. The average Bonchev–Trinajstić information content (AvgIpc) is 3.02. The number of aromatic nitrogens is 1. The van der Waals surface area contributed by atoms with Crippen molar-refractivity contribution in [1.82, 2.24) is 4.98 Å². The first-order valence-corrected chi connectivity index (χ1v) is 8.96. The molecule has 26 heavy (non-hydrogen) atoms. The quantitative estimate of drug-likeness (QED) is 0.704. The van der Waals surface area contributed by atoms with E-state index in [0.29, 0.717) is 0 Å². The van der Waals surface area contributed by atoms with Crippen LogP contribution in [0.15, 0.2) is 48.5 Å². The molecule has 1 heterocycles. The number of hydrogen-bond acceptors (Lipinski definition) is 5. The van der Waals surface area contributed by atoms with Crippen LogP contribution in [0.5, 0.6) is 11.5 Å². The summed E-state index contributed by atoms with van der Waals surface area (Å²) in [7, 11) is 3.25. The third kappa shape index (κ3) is 4.03. The van der Waals surface area contributed by atoms with Crippen LogP contribution in [0.4, 0.5) is 5.69 Å². The van der Waals surface area contributed by atoms with Gasteiger partial charge in [0.15, 0.2) is 0 Å². The summed E-state index contributed by atoms with van der Waals surface area (Å²) in [5.41, 5.74) is 2.54. The van der Waals surface area contributed by atoms with E-state index in [1.807, 2.05) is 55.5 Å². The molecule has 1 amide bonds. The average molecular weight is 368 g/mol. The second-order valence-electron chi connectivity index (χ2n) is 5.68. The van der Waals surface area contributed by atoms with Gasteiger partial charge >= 0.3 is 0 Å². The Kier molecular flexibility index (Phi) is 5.53. The number of hydrogen-bond donors (Lipinski definition) is 1. The number of methoxy groups -OCH3 is 2. The van der Waals surface area contributed by atoms with Crippen molar-refractivity contribution in [3.05, 3.63) is 59.1 Å². The molecule has 0 saturated heterocycles. The van der Waals surface area contributed by atoms with Crippen LogP contribution in [0, 0.1) is 6.92 Å². The standard InChI is InChI=1S/C20H20N2O3S/c1-13-18(12-19(23)22-14-8-10-15(24-2)11-9-14)26-20(21-13)16-6-4-5-7-17(16)25-3/h4-11H,12H2,1-3H3,(H,22,23). The Morgan fingerprint density at radius 2 is 1.81 bits per heavy atom. The summed E-state index contributed by atoms with van der Waals surface area (Å²) < 4.78 is 10.5. The van der Waals surface area contributed by atoms with Crippen LogP contribution >= 0.6 is 11.3 Å². The van der Waals surface area contributed by atoms with Crippen molar-refractivity contribution >= 4 is 22.9 Å². The van der Waals surface area contributed by atoms with Crippen LogP contribution in [-0.2, 0) is 11.2 Å². The number of benzene rings is 2. The monoisotopic (exact) mass is 368 g/mol. The minimum Gasteiger partial charge on any atom is -0.497 e. The number of amides is 1. The molecule has 1 aromatic heterocycles. The predicted molar refractivity (Wildman–Crippen MR) is 104 cm³/mol. The molecular formula is C20H20N2O3S. The Morgan fingerprint density at radius 1 is 1.08 bits per heavy atom. The first kappa shape index (κ1) is 17.9. The van der Waals surface area contributed by atoms with Crippen LogP contribution in [0.1, 0.15) is 10.6 Å². The number of anilines is 1. The van der Waals surface area contributed by atoms with Gasteiger partial charge in [0.1, 0.15) is 16.5 Å². The van der Waals surface area contributed by atoms with Gasteiger partial charge in [-0.05, 0) is 43.3 Å². The summed E-state index contributed by atoms with van der Waals surface area (Å²) in [4.78, 5) is 17.9. The molecule has 6 heteroatoms. The third-order valence-corrected chi connectivity index (χ3v) is 5.12. The van der Waals surface area contributed by atoms with E-state index in [2.05, 4.69) is 10.3 Å². The van der Waals surface area contributed by atoms with Crippen molar-refractivity contribution in [3.8, 4) is 22.1 Å². The smallest absolute Gasteiger partial charge is 0.229 e. The topological polar surface area (TPSA) is 60.5 Å². The van der Waals surface area contributed by atoms with Crippen LogP contribution in [-0.4, -0.2) is 25.1 Å². The van der Waals surface area contributed by atoms with E-state index in [4.69, 9.17) is 9.47 Å². The van der Waals surface area contributed by atoms with Crippen LogP contribution < -0.4 is 14.8 Å². The zero-order chi connectivity index (χ0) is 18.5. The minimum absolute atomic E-state index is 0.0755. The molecule has 0 bridgehead atoms. The van der Waals surface area contributed by atoms with Gasteiger partial charge < -0.3 is 14.8 Å². The Labute approximate surface area is 156 Å². The fraction of sp³-hybridized carbons (Fsp3) is 0.200. The van der Waals surface area contributed by atoms with Gasteiger partial charge in [-0.3, -0.25) is 4.79 Å². The van der Waals surface area contributed by atoms with Crippen LogP contribution in [0.3, 0.4) is 0 Å². The largest absolute Gasteiger partial charge is 0.497 e. The van der Waals surface area contributed by atoms with Gasteiger partial charge in [0.25, 0.3) is 0 Å². The lowest BCUT2D eigenvalue weighted by Crippen LogP contribution is -2.14. The van der Waals surface area contributed by atoms with E-state index in [9.17, 15) is 4.79 Å². The molecule has 0 saturated carbocycles. The van der Waals surface area contributed by atoms with Gasteiger partial charge in [0, 0.05) is 10.6 Å². The second kappa shape index (κ2) is 8.01. The Morgan fingerprint density at radius 3 is 2.50 bits per heavy atom. The molecule has 0 atom stereocenters. The summed E-state index contributed by atoms with van der Waals surface area (Å²) in [6.07, 6.45) is 0.282. The highest BCUT2D eigenvalue weighted by Crippen LogP contribution is 2.34. The summed E-state index contributed by atoms with van der Waals surface area (Å²) >= 11 is 1.52. The Bertz CT molecular complexity index is 904. The number of para-hydroxylation sites is 1. The van der Waals surface area contributed by atoms with Gasteiger partial charge in [-0.15, -0.1) is 11.3 Å². The molecule has 3 aromatic rings. The lowest BCUT2D eigenvalue weighted by Gasteiger charge is -2.06. The number of carbonyl (C=O) groups excluding carboxylic acids is 1. The molecule has 0 radical (unpaired) electrons. The normalized spacial score (nSPS) is 10.4. The number of thiazole rings is 1. The summed E-state index contributed by atoms with van der Waals surface area (Å²) in [5, 5.41) is 3.75. The molecule has 3 rings (SSSR count). The number of ether oxygens (including phenoxy) is 2. The third-order valence-electron chi connectivity index (χ3n) is 3.92. The van der Waals surface area contributed by atoms with E-state index < -0.39 is 0 Å². The highest BCUT2D eigenvalue weighted by atomic mass is 32.1. The second-order valence-corrected chi connectivity index (χ2v) is 6.76. The lowest BCUT2D eigenvalue weighted by molar-refractivity contribution is -0.115. The van der Waals surface area contributed by atoms with Crippen LogP contribution in [0.2, 0.25) is 0 Å². The van der Waals surface area contributed by atoms with Crippen LogP contribution in [0.25, 0.3) is 10.6 Å².